The molecule has 1 fully saturated rings. The van der Waals surface area contributed by atoms with Crippen LogP contribution in [-0.4, -0.2) is 36.0 Å². The first-order valence-electron chi connectivity index (χ1n) is 8.39. The Bertz CT molecular complexity index is 619. The van der Waals surface area contributed by atoms with Crippen LogP contribution in [-0.2, 0) is 9.53 Å². The van der Waals surface area contributed by atoms with Crippen LogP contribution in [0, 0.1) is 18.6 Å². The standard InChI is InChI=1S/C18H23F2NO3/c1-3-4-5-11-24-18(23)14-7-6-10-21(14)17(22)15-13(19)9-8-12(2)16(15)20/h8-9,14H,3-7,10-11H2,1-2H3. The third-order valence-electron chi connectivity index (χ3n) is 4.28. The molecule has 1 aliphatic rings. The molecule has 1 aromatic carbocycles. The van der Waals surface area contributed by atoms with Gasteiger partial charge in [0.05, 0.1) is 6.61 Å². The molecule has 0 N–H and O–H groups in total. The van der Waals surface area contributed by atoms with Crippen LogP contribution in [0.2, 0.25) is 0 Å². The first kappa shape index (κ1) is 18.4. The highest BCUT2D eigenvalue weighted by Gasteiger charge is 2.37. The fourth-order valence-electron chi connectivity index (χ4n) is 2.87. The zero-order valence-electron chi connectivity index (χ0n) is 14.1. The second kappa shape index (κ2) is 8.22. The summed E-state index contributed by atoms with van der Waals surface area (Å²) in [6.45, 7) is 4.11. The van der Waals surface area contributed by atoms with E-state index >= 15 is 0 Å². The Hall–Kier alpha value is -1.98. The maximum atomic E-state index is 14.2. The van der Waals surface area contributed by atoms with Crippen LogP contribution in [0.5, 0.6) is 0 Å². The van der Waals surface area contributed by atoms with Crippen molar-refractivity contribution in [3.8, 4) is 0 Å². The summed E-state index contributed by atoms with van der Waals surface area (Å²) in [5, 5.41) is 0. The number of carbonyl (C=O) groups excluding carboxylic acids is 2. The summed E-state index contributed by atoms with van der Waals surface area (Å²) < 4.78 is 33.3. The molecular weight excluding hydrogens is 316 g/mol. The zero-order valence-corrected chi connectivity index (χ0v) is 14.1. The molecule has 0 bridgehead atoms. The fraction of sp³-hybridized carbons (Fsp3) is 0.556. The van der Waals surface area contributed by atoms with Gasteiger partial charge in [-0.3, -0.25) is 4.79 Å². The van der Waals surface area contributed by atoms with Crippen molar-refractivity contribution in [2.24, 2.45) is 0 Å². The highest BCUT2D eigenvalue weighted by atomic mass is 19.1. The predicted octanol–water partition coefficient (Wildman–Crippen LogP) is 3.61. The SMILES string of the molecule is CCCCCOC(=O)C1CCCN1C(=O)c1c(F)ccc(C)c1F. The van der Waals surface area contributed by atoms with E-state index in [0.29, 0.717) is 26.0 Å². The molecule has 1 saturated heterocycles. The number of hydrogen-bond donors (Lipinski definition) is 0. The van der Waals surface area contributed by atoms with Gasteiger partial charge in [-0.1, -0.05) is 25.8 Å². The van der Waals surface area contributed by atoms with Crippen LogP contribution in [0.4, 0.5) is 8.78 Å². The number of halogens is 2. The van der Waals surface area contributed by atoms with Gasteiger partial charge >= 0.3 is 5.97 Å². The minimum Gasteiger partial charge on any atom is -0.464 e. The molecule has 132 valence electrons. The lowest BCUT2D eigenvalue weighted by Crippen LogP contribution is -2.42. The number of hydrogen-bond acceptors (Lipinski definition) is 3. The van der Waals surface area contributed by atoms with Gasteiger partial charge < -0.3 is 9.64 Å². The van der Waals surface area contributed by atoms with Crippen LogP contribution in [0.1, 0.15) is 54.9 Å². The first-order valence-corrected chi connectivity index (χ1v) is 8.39. The van der Waals surface area contributed by atoms with Crippen LogP contribution in [0.15, 0.2) is 12.1 Å². The Morgan fingerprint density at radius 1 is 1.29 bits per heavy atom. The third kappa shape index (κ3) is 3.91. The lowest BCUT2D eigenvalue weighted by atomic mass is 10.1. The van der Waals surface area contributed by atoms with Crippen molar-refractivity contribution in [1.29, 1.82) is 0 Å². The largest absolute Gasteiger partial charge is 0.464 e. The van der Waals surface area contributed by atoms with Gasteiger partial charge in [0.15, 0.2) is 0 Å². The van der Waals surface area contributed by atoms with Gasteiger partial charge in [0.25, 0.3) is 5.91 Å². The Morgan fingerprint density at radius 2 is 2.04 bits per heavy atom. The van der Waals surface area contributed by atoms with E-state index in [1.165, 1.54) is 17.9 Å². The summed E-state index contributed by atoms with van der Waals surface area (Å²) in [7, 11) is 0. The number of amides is 1. The number of esters is 1. The number of rotatable bonds is 6. The van der Waals surface area contributed by atoms with Crippen LogP contribution in [0.25, 0.3) is 0 Å². The molecular formula is C18H23F2NO3. The molecule has 0 aromatic heterocycles. The molecule has 1 amide bonds. The average molecular weight is 339 g/mol. The Labute approximate surface area is 140 Å². The molecule has 0 spiro atoms. The van der Waals surface area contributed by atoms with Crippen molar-refractivity contribution in [3.63, 3.8) is 0 Å². The lowest BCUT2D eigenvalue weighted by Gasteiger charge is -2.24. The molecule has 0 aliphatic carbocycles. The number of ether oxygens (including phenoxy) is 1. The van der Waals surface area contributed by atoms with Crippen molar-refractivity contribution in [1.82, 2.24) is 4.90 Å². The summed E-state index contributed by atoms with van der Waals surface area (Å²) in [6.07, 6.45) is 3.80. The quantitative estimate of drug-likeness (QED) is 0.587. The third-order valence-corrected chi connectivity index (χ3v) is 4.28. The molecule has 1 aromatic rings. The van der Waals surface area contributed by atoms with E-state index in [4.69, 9.17) is 4.74 Å². The number of carbonyl (C=O) groups is 2. The van der Waals surface area contributed by atoms with Gasteiger partial charge in [-0.15, -0.1) is 0 Å². The normalized spacial score (nSPS) is 17.2. The average Bonchev–Trinajstić information content (AvgIpc) is 3.05. The smallest absolute Gasteiger partial charge is 0.328 e. The van der Waals surface area contributed by atoms with E-state index in [0.717, 1.165) is 25.3 Å². The van der Waals surface area contributed by atoms with E-state index in [1.807, 2.05) is 6.92 Å². The molecule has 4 nitrogen and oxygen atoms in total. The number of likely N-dealkylation sites (tertiary alicyclic amines) is 1. The lowest BCUT2D eigenvalue weighted by molar-refractivity contribution is -0.148. The maximum Gasteiger partial charge on any atom is 0.328 e. The fourth-order valence-corrected chi connectivity index (χ4v) is 2.87. The van der Waals surface area contributed by atoms with Gasteiger partial charge in [0, 0.05) is 6.54 Å². The van der Waals surface area contributed by atoms with Crippen LogP contribution < -0.4 is 0 Å². The molecule has 1 unspecified atom stereocenters. The van der Waals surface area contributed by atoms with Gasteiger partial charge in [-0.25, -0.2) is 13.6 Å². The molecule has 1 atom stereocenters. The van der Waals surface area contributed by atoms with E-state index in [-0.39, 0.29) is 5.56 Å². The summed E-state index contributed by atoms with van der Waals surface area (Å²) in [5.74, 6) is -3.07. The zero-order chi connectivity index (χ0) is 17.7. The van der Waals surface area contributed by atoms with E-state index in [1.54, 1.807) is 0 Å². The highest BCUT2D eigenvalue weighted by molar-refractivity contribution is 5.97. The topological polar surface area (TPSA) is 46.6 Å². The minimum atomic E-state index is -0.912. The summed E-state index contributed by atoms with van der Waals surface area (Å²) in [6, 6.07) is 1.59. The predicted molar refractivity (Wildman–Crippen MR) is 85.6 cm³/mol. The molecule has 1 aliphatic heterocycles. The van der Waals surface area contributed by atoms with Crippen molar-refractivity contribution >= 4 is 11.9 Å². The first-order chi connectivity index (χ1) is 11.5. The van der Waals surface area contributed by atoms with Gasteiger partial charge in [0.2, 0.25) is 0 Å². The van der Waals surface area contributed by atoms with E-state index in [9.17, 15) is 18.4 Å². The highest BCUT2D eigenvalue weighted by Crippen LogP contribution is 2.25. The summed E-state index contributed by atoms with van der Waals surface area (Å²) in [5.41, 5.74) is -0.404. The van der Waals surface area contributed by atoms with Crippen molar-refractivity contribution in [2.45, 2.75) is 52.0 Å². The van der Waals surface area contributed by atoms with Crippen molar-refractivity contribution in [2.75, 3.05) is 13.2 Å². The van der Waals surface area contributed by atoms with Gasteiger partial charge in [0.1, 0.15) is 23.2 Å². The Kier molecular flexibility index (Phi) is 6.29. The van der Waals surface area contributed by atoms with Gasteiger partial charge in [-0.2, -0.15) is 0 Å². The van der Waals surface area contributed by atoms with Crippen LogP contribution in [0.3, 0.4) is 0 Å². The molecule has 1 heterocycles. The molecule has 0 saturated carbocycles. The van der Waals surface area contributed by atoms with Gasteiger partial charge in [-0.05, 0) is 37.8 Å². The van der Waals surface area contributed by atoms with Crippen molar-refractivity contribution < 1.29 is 23.1 Å². The van der Waals surface area contributed by atoms with E-state index < -0.39 is 35.1 Å². The summed E-state index contributed by atoms with van der Waals surface area (Å²) >= 11 is 0. The Balaban J connectivity index is 2.11. The number of unbranched alkanes of at least 4 members (excludes halogenated alkanes) is 2. The number of aryl methyl sites for hydroxylation is 1. The maximum absolute atomic E-state index is 14.2. The molecule has 2 rings (SSSR count). The van der Waals surface area contributed by atoms with E-state index in [2.05, 4.69) is 0 Å². The minimum absolute atomic E-state index is 0.192. The number of nitrogens with zero attached hydrogens (tertiary/aromatic N) is 1. The number of benzene rings is 1. The Morgan fingerprint density at radius 3 is 2.75 bits per heavy atom. The second-order valence-electron chi connectivity index (χ2n) is 6.08. The molecule has 0 radical (unpaired) electrons. The monoisotopic (exact) mass is 339 g/mol. The van der Waals surface area contributed by atoms with Crippen molar-refractivity contribution in [3.05, 3.63) is 34.9 Å². The second-order valence-corrected chi connectivity index (χ2v) is 6.08. The molecule has 6 heteroatoms. The molecule has 24 heavy (non-hydrogen) atoms. The van der Waals surface area contributed by atoms with Crippen LogP contribution >= 0.6 is 0 Å². The summed E-state index contributed by atoms with van der Waals surface area (Å²) in [4.78, 5) is 26.0.